The van der Waals surface area contributed by atoms with Gasteiger partial charge in [-0.25, -0.2) is 0 Å². The third-order valence-corrected chi connectivity index (χ3v) is 7.14. The van der Waals surface area contributed by atoms with E-state index in [1.54, 1.807) is 24.3 Å². The van der Waals surface area contributed by atoms with Crippen molar-refractivity contribution in [3.8, 4) is 11.5 Å². The van der Waals surface area contributed by atoms with Gasteiger partial charge in [-0.2, -0.15) is 0 Å². The summed E-state index contributed by atoms with van der Waals surface area (Å²) in [4.78, 5) is 30.4. The molecule has 0 bridgehead atoms. The van der Waals surface area contributed by atoms with E-state index in [0.29, 0.717) is 5.56 Å². The molecule has 1 unspecified atom stereocenters. The Morgan fingerprint density at radius 1 is 1.03 bits per heavy atom. The van der Waals surface area contributed by atoms with E-state index in [4.69, 9.17) is 27.9 Å². The number of amides is 1. The summed E-state index contributed by atoms with van der Waals surface area (Å²) in [5.74, 6) is -2.37. The van der Waals surface area contributed by atoms with Crippen molar-refractivity contribution in [2.45, 2.75) is 26.8 Å². The second kappa shape index (κ2) is 11.0. The average Bonchev–Trinajstić information content (AvgIpc) is 3.16. The van der Waals surface area contributed by atoms with E-state index >= 15 is 0 Å². The Bertz CT molecular complexity index is 1430. The number of aliphatic hydroxyl groups excluding tert-OH is 1. The lowest BCUT2D eigenvalue weighted by molar-refractivity contribution is -0.132. The maximum Gasteiger partial charge on any atom is 0.300 e. The molecule has 1 saturated heterocycles. The first kappa shape index (κ1) is 27.4. The van der Waals surface area contributed by atoms with Crippen molar-refractivity contribution in [3.05, 3.63) is 86.9 Å². The number of ether oxygens (including phenoxy) is 1. The van der Waals surface area contributed by atoms with Crippen LogP contribution in [-0.4, -0.2) is 42.1 Å². The quantitative estimate of drug-likeness (QED) is 0.197. The Morgan fingerprint density at radius 2 is 1.68 bits per heavy atom. The zero-order chi connectivity index (χ0) is 27.7. The molecule has 38 heavy (non-hydrogen) atoms. The molecule has 7 nitrogen and oxygen atoms in total. The number of Topliss-reactive ketones (excluding diaryl/α,β-unsaturated/α-hetero) is 1. The van der Waals surface area contributed by atoms with Gasteiger partial charge < -0.3 is 19.8 Å². The Kier molecular flexibility index (Phi) is 7.90. The molecule has 3 aromatic carbocycles. The first-order valence-electron chi connectivity index (χ1n) is 12.1. The summed E-state index contributed by atoms with van der Waals surface area (Å²) in [5, 5.41) is 22.6. The first-order chi connectivity index (χ1) is 18.1. The van der Waals surface area contributed by atoms with Crippen molar-refractivity contribution in [1.29, 1.82) is 0 Å². The van der Waals surface area contributed by atoms with Crippen LogP contribution in [0.3, 0.4) is 0 Å². The van der Waals surface area contributed by atoms with Crippen LogP contribution in [0.5, 0.6) is 11.5 Å². The summed E-state index contributed by atoms with van der Waals surface area (Å²) in [6.07, 6.45) is 0. The highest BCUT2D eigenvalue weighted by atomic mass is 35.5. The highest BCUT2D eigenvalue weighted by molar-refractivity contribution is 6.52. The molecule has 1 heterocycles. The number of phenolic OH excluding ortho intramolecular Hbond substituents is 1. The van der Waals surface area contributed by atoms with Crippen LogP contribution in [0.4, 0.5) is 11.4 Å². The smallest absolute Gasteiger partial charge is 0.300 e. The fourth-order valence-corrected chi connectivity index (χ4v) is 5.34. The van der Waals surface area contributed by atoms with Gasteiger partial charge in [0.2, 0.25) is 0 Å². The van der Waals surface area contributed by atoms with Crippen molar-refractivity contribution in [2.75, 3.05) is 30.0 Å². The Balaban J connectivity index is 2.00. The summed E-state index contributed by atoms with van der Waals surface area (Å²) in [6.45, 7) is 7.53. The molecule has 1 fully saturated rings. The lowest BCUT2D eigenvalue weighted by atomic mass is 9.94. The van der Waals surface area contributed by atoms with Crippen LogP contribution in [0, 0.1) is 6.92 Å². The minimum Gasteiger partial charge on any atom is -0.507 e. The molecule has 1 aliphatic heterocycles. The monoisotopic (exact) mass is 554 g/mol. The number of aromatic hydroxyl groups is 1. The maximum absolute atomic E-state index is 13.5. The number of anilines is 2. The third kappa shape index (κ3) is 4.79. The number of benzene rings is 3. The van der Waals surface area contributed by atoms with E-state index in [2.05, 4.69) is 18.7 Å². The van der Waals surface area contributed by atoms with Gasteiger partial charge >= 0.3 is 0 Å². The zero-order valence-corrected chi connectivity index (χ0v) is 23.0. The molecule has 3 aromatic rings. The molecule has 0 saturated carbocycles. The molecule has 198 valence electrons. The number of rotatable bonds is 7. The number of hydrogen-bond donors (Lipinski definition) is 2. The zero-order valence-electron chi connectivity index (χ0n) is 21.5. The third-order valence-electron chi connectivity index (χ3n) is 6.64. The predicted octanol–water partition coefficient (Wildman–Crippen LogP) is 6.49. The van der Waals surface area contributed by atoms with E-state index < -0.39 is 23.5 Å². The van der Waals surface area contributed by atoms with Crippen LogP contribution in [0.25, 0.3) is 5.76 Å². The standard InChI is InChI=1S/C29H28Cl2N2O5/c1-5-32(6-2)19-10-8-17(9-11-19)25-24(26(35)20-14-18(30)15-21(31)28(20)38-4)27(36)29(37)33(25)22-13-16(3)7-12-23(22)34/h7-15,25,34-35H,5-6H2,1-4H3/b26-24+. The summed E-state index contributed by atoms with van der Waals surface area (Å²) in [6, 6.07) is 14.0. The van der Waals surface area contributed by atoms with Crippen LogP contribution < -0.4 is 14.5 Å². The second-order valence-corrected chi connectivity index (χ2v) is 9.74. The molecule has 2 N–H and O–H groups in total. The Morgan fingerprint density at radius 3 is 2.29 bits per heavy atom. The van der Waals surface area contributed by atoms with Crippen LogP contribution in [0.2, 0.25) is 10.0 Å². The van der Waals surface area contributed by atoms with Crippen molar-refractivity contribution < 1.29 is 24.5 Å². The topological polar surface area (TPSA) is 90.3 Å². The minimum atomic E-state index is -1.05. The van der Waals surface area contributed by atoms with Gasteiger partial charge in [0.15, 0.2) is 0 Å². The molecule has 0 aliphatic carbocycles. The fraction of sp³-hybridized carbons (Fsp3) is 0.241. The van der Waals surface area contributed by atoms with Gasteiger partial charge in [0, 0.05) is 23.8 Å². The van der Waals surface area contributed by atoms with Gasteiger partial charge in [0.05, 0.1) is 35.0 Å². The van der Waals surface area contributed by atoms with E-state index in [1.165, 1.54) is 30.2 Å². The molecular weight excluding hydrogens is 527 g/mol. The maximum atomic E-state index is 13.5. The first-order valence-corrected chi connectivity index (χ1v) is 12.9. The van der Waals surface area contributed by atoms with Gasteiger partial charge in [0.25, 0.3) is 11.7 Å². The van der Waals surface area contributed by atoms with Crippen LogP contribution in [0.15, 0.2) is 60.2 Å². The molecular formula is C29H28Cl2N2O5. The summed E-state index contributed by atoms with van der Waals surface area (Å²) >= 11 is 12.5. The number of aliphatic hydroxyl groups is 1. The van der Waals surface area contributed by atoms with E-state index in [0.717, 1.165) is 24.3 Å². The van der Waals surface area contributed by atoms with Crippen LogP contribution in [0.1, 0.15) is 36.6 Å². The van der Waals surface area contributed by atoms with Crippen molar-refractivity contribution in [1.82, 2.24) is 0 Å². The van der Waals surface area contributed by atoms with Gasteiger partial charge in [-0.3, -0.25) is 14.5 Å². The molecule has 0 radical (unpaired) electrons. The number of carbonyl (C=O) groups excluding carboxylic acids is 2. The lowest BCUT2D eigenvalue weighted by Gasteiger charge is -2.27. The molecule has 4 rings (SSSR count). The Labute approximate surface area is 231 Å². The largest absolute Gasteiger partial charge is 0.507 e. The molecule has 9 heteroatoms. The summed E-state index contributed by atoms with van der Waals surface area (Å²) in [7, 11) is 1.37. The number of ketones is 1. The van der Waals surface area contributed by atoms with Crippen LogP contribution in [-0.2, 0) is 9.59 Å². The van der Waals surface area contributed by atoms with Gasteiger partial charge in [-0.1, -0.05) is 41.4 Å². The molecule has 0 aromatic heterocycles. The normalized spacial score (nSPS) is 16.7. The lowest BCUT2D eigenvalue weighted by Crippen LogP contribution is -2.29. The van der Waals surface area contributed by atoms with Gasteiger partial charge in [0.1, 0.15) is 17.3 Å². The van der Waals surface area contributed by atoms with Gasteiger partial charge in [-0.15, -0.1) is 0 Å². The number of halogens is 2. The average molecular weight is 555 g/mol. The Hall–Kier alpha value is -3.68. The second-order valence-electron chi connectivity index (χ2n) is 8.89. The number of carbonyl (C=O) groups is 2. The SMILES string of the molecule is CCN(CC)c1ccc(C2/C(=C(\O)c3cc(Cl)cc(Cl)c3OC)C(=O)C(=O)N2c2cc(C)ccc2O)cc1. The molecule has 1 atom stereocenters. The van der Waals surface area contributed by atoms with Crippen LogP contribution >= 0.6 is 23.2 Å². The summed E-state index contributed by atoms with van der Waals surface area (Å²) in [5.41, 5.74) is 2.36. The molecule has 1 amide bonds. The number of hydrogen-bond acceptors (Lipinski definition) is 6. The van der Waals surface area contributed by atoms with E-state index in [1.807, 2.05) is 19.1 Å². The van der Waals surface area contributed by atoms with E-state index in [9.17, 15) is 19.8 Å². The van der Waals surface area contributed by atoms with Crippen molar-refractivity contribution in [2.24, 2.45) is 0 Å². The van der Waals surface area contributed by atoms with Gasteiger partial charge in [-0.05, 0) is 68.3 Å². The highest BCUT2D eigenvalue weighted by Gasteiger charge is 2.48. The number of methoxy groups -OCH3 is 1. The predicted molar refractivity (Wildman–Crippen MR) is 151 cm³/mol. The number of nitrogens with zero attached hydrogens (tertiary/aromatic N) is 2. The van der Waals surface area contributed by atoms with Crippen molar-refractivity contribution >= 4 is 52.0 Å². The highest BCUT2D eigenvalue weighted by Crippen LogP contribution is 2.47. The number of phenols is 1. The molecule has 0 spiro atoms. The fourth-order valence-electron chi connectivity index (χ4n) is 4.77. The number of aryl methyl sites for hydroxylation is 1. The summed E-state index contributed by atoms with van der Waals surface area (Å²) < 4.78 is 5.39. The molecule has 1 aliphatic rings. The van der Waals surface area contributed by atoms with Crippen molar-refractivity contribution in [3.63, 3.8) is 0 Å². The minimum absolute atomic E-state index is 0.0706. The van der Waals surface area contributed by atoms with E-state index in [-0.39, 0.29) is 38.4 Å².